The number of halogens is 1. The van der Waals surface area contributed by atoms with E-state index >= 15 is 0 Å². The molecule has 2 aliphatic rings. The quantitative estimate of drug-likeness (QED) is 0.728. The molecule has 2 heterocycles. The van der Waals surface area contributed by atoms with Crippen molar-refractivity contribution < 1.29 is 18.9 Å². The zero-order chi connectivity index (χ0) is 17.8. The van der Waals surface area contributed by atoms with Crippen molar-refractivity contribution >= 4 is 11.8 Å². The van der Waals surface area contributed by atoms with Gasteiger partial charge in [0.2, 0.25) is 5.91 Å². The van der Waals surface area contributed by atoms with Crippen LogP contribution in [0.1, 0.15) is 44.6 Å². The van der Waals surface area contributed by atoms with Gasteiger partial charge in [-0.15, -0.1) is 0 Å². The van der Waals surface area contributed by atoms with Gasteiger partial charge in [0, 0.05) is 32.4 Å². The number of nitrogens with one attached hydrogen (secondary N) is 3. The Morgan fingerprint density at radius 3 is 2.40 bits per heavy atom. The minimum Gasteiger partial charge on any atom is -0.353 e. The molecule has 25 heavy (non-hydrogen) atoms. The van der Waals surface area contributed by atoms with Crippen LogP contribution in [0.5, 0.6) is 0 Å². The molecule has 3 N–H and O–H groups in total. The van der Waals surface area contributed by atoms with Crippen LogP contribution in [0, 0.1) is 5.82 Å². The highest BCUT2D eigenvalue weighted by atomic mass is 19.1. The van der Waals surface area contributed by atoms with E-state index < -0.39 is 0 Å². The molecule has 136 valence electrons. The zero-order valence-electron chi connectivity index (χ0n) is 14.7. The van der Waals surface area contributed by atoms with Crippen molar-refractivity contribution in [1.29, 1.82) is 0 Å². The van der Waals surface area contributed by atoms with Crippen LogP contribution in [-0.4, -0.2) is 36.5 Å². The standard InChI is InChI=1S/C19H26FN3O2/c1-13(24)22-16-9-17-3-2-4-18(10-16)23(17)12-19(25)21-11-14-5-7-15(20)8-6-14/h5-8,16-18H,2-4,9-12H2,1H3,(H,21,25)(H,22,24)/p+1/t16?,17-,18+. The predicted molar refractivity (Wildman–Crippen MR) is 92.3 cm³/mol. The van der Waals surface area contributed by atoms with Crippen LogP contribution in [0.15, 0.2) is 24.3 Å². The maximum absolute atomic E-state index is 12.9. The number of carbonyl (C=O) groups is 2. The number of benzene rings is 1. The fourth-order valence-electron chi connectivity index (χ4n) is 4.38. The van der Waals surface area contributed by atoms with Crippen molar-refractivity contribution in [3.63, 3.8) is 0 Å². The van der Waals surface area contributed by atoms with Gasteiger partial charge in [0.05, 0.1) is 12.1 Å². The lowest BCUT2D eigenvalue weighted by atomic mass is 9.81. The van der Waals surface area contributed by atoms with Crippen LogP contribution in [-0.2, 0) is 16.1 Å². The van der Waals surface area contributed by atoms with Crippen molar-refractivity contribution in [3.05, 3.63) is 35.6 Å². The fraction of sp³-hybridized carbons (Fsp3) is 0.579. The maximum atomic E-state index is 12.9. The summed E-state index contributed by atoms with van der Waals surface area (Å²) in [5.41, 5.74) is 0.898. The Labute approximate surface area is 148 Å². The Morgan fingerprint density at radius 2 is 1.80 bits per heavy atom. The van der Waals surface area contributed by atoms with Crippen LogP contribution in [0.3, 0.4) is 0 Å². The maximum Gasteiger partial charge on any atom is 0.275 e. The molecule has 0 radical (unpaired) electrons. The summed E-state index contributed by atoms with van der Waals surface area (Å²) < 4.78 is 12.9. The molecule has 2 fully saturated rings. The van der Waals surface area contributed by atoms with Gasteiger partial charge in [0.1, 0.15) is 5.82 Å². The Kier molecular flexibility index (Phi) is 5.68. The first-order valence-corrected chi connectivity index (χ1v) is 9.15. The van der Waals surface area contributed by atoms with Gasteiger partial charge in [0.25, 0.3) is 5.91 Å². The minimum atomic E-state index is -0.269. The van der Waals surface area contributed by atoms with E-state index in [1.54, 1.807) is 19.1 Å². The summed E-state index contributed by atoms with van der Waals surface area (Å²) in [6.07, 6.45) is 5.36. The van der Waals surface area contributed by atoms with Gasteiger partial charge in [-0.25, -0.2) is 4.39 Å². The van der Waals surface area contributed by atoms with Gasteiger partial charge in [0.15, 0.2) is 6.54 Å². The molecular formula is C19H27FN3O2+. The summed E-state index contributed by atoms with van der Waals surface area (Å²) in [6, 6.07) is 7.33. The molecule has 4 atom stereocenters. The molecule has 1 aromatic rings. The molecule has 2 aliphatic heterocycles. The Bertz CT molecular complexity index is 606. The number of hydrogen-bond acceptors (Lipinski definition) is 2. The second kappa shape index (κ2) is 7.95. The molecule has 0 saturated carbocycles. The van der Waals surface area contributed by atoms with Gasteiger partial charge in [-0.05, 0) is 37.0 Å². The highest BCUT2D eigenvalue weighted by molar-refractivity contribution is 5.76. The summed E-state index contributed by atoms with van der Waals surface area (Å²) in [6.45, 7) is 2.47. The van der Waals surface area contributed by atoms with Gasteiger partial charge < -0.3 is 15.5 Å². The van der Waals surface area contributed by atoms with E-state index in [-0.39, 0.29) is 23.7 Å². The molecule has 0 aromatic heterocycles. The fourth-order valence-corrected chi connectivity index (χ4v) is 4.38. The van der Waals surface area contributed by atoms with Gasteiger partial charge >= 0.3 is 0 Å². The summed E-state index contributed by atoms with van der Waals surface area (Å²) in [4.78, 5) is 25.1. The summed E-state index contributed by atoms with van der Waals surface area (Å²) in [5, 5.41) is 6.00. The first-order valence-electron chi connectivity index (χ1n) is 9.15. The molecule has 3 rings (SSSR count). The molecule has 2 bridgehead atoms. The second-order valence-electron chi connectivity index (χ2n) is 7.35. The minimum absolute atomic E-state index is 0.0311. The van der Waals surface area contributed by atoms with E-state index in [9.17, 15) is 14.0 Å². The third kappa shape index (κ3) is 4.78. The van der Waals surface area contributed by atoms with Gasteiger partial charge in [-0.3, -0.25) is 9.59 Å². The highest BCUT2D eigenvalue weighted by Gasteiger charge is 2.42. The largest absolute Gasteiger partial charge is 0.353 e. The average Bonchev–Trinajstić information content (AvgIpc) is 2.54. The molecule has 6 heteroatoms. The number of piperidine rings is 2. The van der Waals surface area contributed by atoms with E-state index in [2.05, 4.69) is 10.6 Å². The lowest BCUT2D eigenvalue weighted by Gasteiger charge is -2.45. The van der Waals surface area contributed by atoms with E-state index in [0.29, 0.717) is 25.2 Å². The van der Waals surface area contributed by atoms with Crippen LogP contribution in [0.4, 0.5) is 4.39 Å². The lowest BCUT2D eigenvalue weighted by Crippen LogP contribution is -3.22. The molecule has 2 saturated heterocycles. The van der Waals surface area contributed by atoms with Crippen molar-refractivity contribution in [1.82, 2.24) is 10.6 Å². The smallest absolute Gasteiger partial charge is 0.275 e. The Morgan fingerprint density at radius 1 is 1.16 bits per heavy atom. The van der Waals surface area contributed by atoms with E-state index in [0.717, 1.165) is 31.2 Å². The number of fused-ring (bicyclic) bond motifs is 2. The van der Waals surface area contributed by atoms with Crippen LogP contribution >= 0.6 is 0 Å². The van der Waals surface area contributed by atoms with E-state index in [1.807, 2.05) is 0 Å². The molecule has 2 unspecified atom stereocenters. The normalized spacial score (nSPS) is 28.2. The monoisotopic (exact) mass is 348 g/mol. The van der Waals surface area contributed by atoms with Gasteiger partial charge in [-0.2, -0.15) is 0 Å². The van der Waals surface area contributed by atoms with Crippen molar-refractivity contribution in [2.75, 3.05) is 6.54 Å². The predicted octanol–water partition coefficient (Wildman–Crippen LogP) is 0.546. The molecule has 1 aromatic carbocycles. The molecular weight excluding hydrogens is 321 g/mol. The Hall–Kier alpha value is -1.95. The first kappa shape index (κ1) is 17.9. The number of carbonyl (C=O) groups excluding carboxylic acids is 2. The van der Waals surface area contributed by atoms with E-state index in [4.69, 9.17) is 0 Å². The van der Waals surface area contributed by atoms with Crippen molar-refractivity contribution in [3.8, 4) is 0 Å². The van der Waals surface area contributed by atoms with Gasteiger partial charge in [-0.1, -0.05) is 12.1 Å². The third-order valence-corrected chi connectivity index (χ3v) is 5.47. The summed E-state index contributed by atoms with van der Waals surface area (Å²) in [5.74, 6) is -0.202. The van der Waals surface area contributed by atoms with E-state index in [1.165, 1.54) is 23.5 Å². The number of hydrogen-bond donors (Lipinski definition) is 3. The second-order valence-corrected chi connectivity index (χ2v) is 7.35. The number of rotatable bonds is 5. The number of amides is 2. The Balaban J connectivity index is 1.52. The summed E-state index contributed by atoms with van der Waals surface area (Å²) in [7, 11) is 0. The zero-order valence-corrected chi connectivity index (χ0v) is 14.7. The van der Waals surface area contributed by atoms with Crippen molar-refractivity contribution in [2.24, 2.45) is 0 Å². The van der Waals surface area contributed by atoms with Crippen LogP contribution < -0.4 is 15.5 Å². The topological polar surface area (TPSA) is 62.6 Å². The average molecular weight is 348 g/mol. The third-order valence-electron chi connectivity index (χ3n) is 5.47. The first-order chi connectivity index (χ1) is 12.0. The van der Waals surface area contributed by atoms with Crippen LogP contribution in [0.2, 0.25) is 0 Å². The molecule has 0 spiro atoms. The molecule has 2 amide bonds. The lowest BCUT2D eigenvalue weighted by molar-refractivity contribution is -0.953. The molecule has 0 aliphatic carbocycles. The summed E-state index contributed by atoms with van der Waals surface area (Å²) >= 11 is 0. The molecule has 5 nitrogen and oxygen atoms in total. The van der Waals surface area contributed by atoms with Crippen molar-refractivity contribution in [2.45, 2.75) is 63.7 Å². The highest BCUT2D eigenvalue weighted by Crippen LogP contribution is 2.22. The SMILES string of the molecule is CC(=O)NC1C[C@H]2CCC[C@@H](C1)[NH+]2CC(=O)NCc1ccc(F)cc1. The van der Waals surface area contributed by atoms with Crippen LogP contribution in [0.25, 0.3) is 0 Å². The number of quaternary nitrogens is 1.